The van der Waals surface area contributed by atoms with Crippen molar-refractivity contribution in [3.63, 3.8) is 0 Å². The minimum atomic E-state index is -2.15. The Kier molecular flexibility index (Phi) is 3.28. The van der Waals surface area contributed by atoms with Gasteiger partial charge in [-0.05, 0) is 12.5 Å². The molecule has 0 bridgehead atoms. The van der Waals surface area contributed by atoms with Crippen molar-refractivity contribution in [2.75, 3.05) is 6.54 Å². The molecule has 1 nitrogen and oxygen atoms in total. The monoisotopic (exact) mass is 225 g/mol. The van der Waals surface area contributed by atoms with E-state index in [0.29, 0.717) is 0 Å². The van der Waals surface area contributed by atoms with Gasteiger partial charge in [-0.2, -0.15) is 0 Å². The second kappa shape index (κ2) is 4.14. The zero-order valence-corrected chi connectivity index (χ0v) is 7.75. The van der Waals surface area contributed by atoms with Crippen molar-refractivity contribution < 1.29 is 22.0 Å². The van der Waals surface area contributed by atoms with Crippen LogP contribution in [0.2, 0.25) is 0 Å². The van der Waals surface area contributed by atoms with E-state index in [-0.39, 0.29) is 6.54 Å². The van der Waals surface area contributed by atoms with Gasteiger partial charge in [0, 0.05) is 5.56 Å². The molecule has 0 aliphatic carbocycles. The van der Waals surface area contributed by atoms with Crippen LogP contribution in [0.3, 0.4) is 0 Å². The highest BCUT2D eigenvalue weighted by atomic mass is 19.2. The minimum Gasteiger partial charge on any atom is -0.330 e. The molecular weight excluding hydrogens is 217 g/mol. The number of halogens is 5. The van der Waals surface area contributed by atoms with Crippen LogP contribution in [0, 0.1) is 29.1 Å². The first-order chi connectivity index (χ1) is 6.91. The lowest BCUT2D eigenvalue weighted by Gasteiger charge is -2.12. The van der Waals surface area contributed by atoms with E-state index in [1.807, 2.05) is 0 Å². The lowest BCUT2D eigenvalue weighted by Crippen LogP contribution is -2.16. The van der Waals surface area contributed by atoms with Gasteiger partial charge in [0.05, 0.1) is 0 Å². The summed E-state index contributed by atoms with van der Waals surface area (Å²) in [5, 5.41) is 0. The third-order valence-corrected chi connectivity index (χ3v) is 2.09. The first-order valence-electron chi connectivity index (χ1n) is 4.13. The van der Waals surface area contributed by atoms with Gasteiger partial charge in [0.1, 0.15) is 0 Å². The molecule has 84 valence electrons. The molecule has 0 heterocycles. The number of hydrogen-bond acceptors (Lipinski definition) is 1. The van der Waals surface area contributed by atoms with E-state index >= 15 is 0 Å². The van der Waals surface area contributed by atoms with Gasteiger partial charge in [-0.3, -0.25) is 0 Å². The maximum absolute atomic E-state index is 13.1. The average molecular weight is 225 g/mol. The zero-order valence-electron chi connectivity index (χ0n) is 7.75. The van der Waals surface area contributed by atoms with Crippen molar-refractivity contribution in [3.05, 3.63) is 34.6 Å². The van der Waals surface area contributed by atoms with Gasteiger partial charge in [-0.1, -0.05) is 6.92 Å². The molecule has 0 fully saturated rings. The normalized spacial score (nSPS) is 13.0. The third-order valence-electron chi connectivity index (χ3n) is 2.09. The molecule has 0 saturated carbocycles. The molecular formula is C9H8F5N. The molecule has 1 unspecified atom stereocenters. The molecule has 0 radical (unpaired) electrons. The van der Waals surface area contributed by atoms with E-state index in [0.717, 1.165) is 0 Å². The topological polar surface area (TPSA) is 26.0 Å². The number of nitrogens with two attached hydrogens (primary N) is 1. The fourth-order valence-electron chi connectivity index (χ4n) is 1.17. The van der Waals surface area contributed by atoms with E-state index < -0.39 is 40.6 Å². The first kappa shape index (κ1) is 11.9. The Bertz CT molecular complexity index is 362. The van der Waals surface area contributed by atoms with Crippen LogP contribution < -0.4 is 5.73 Å². The lowest BCUT2D eigenvalue weighted by atomic mass is 9.99. The Labute approximate surface area is 82.7 Å². The molecule has 0 aliphatic heterocycles. The molecule has 1 aromatic rings. The van der Waals surface area contributed by atoms with E-state index in [9.17, 15) is 22.0 Å². The van der Waals surface area contributed by atoms with Crippen molar-refractivity contribution in [3.8, 4) is 0 Å². The van der Waals surface area contributed by atoms with Gasteiger partial charge >= 0.3 is 0 Å². The molecule has 0 amide bonds. The van der Waals surface area contributed by atoms with Gasteiger partial charge in [0.2, 0.25) is 5.82 Å². The second-order valence-electron chi connectivity index (χ2n) is 3.12. The summed E-state index contributed by atoms with van der Waals surface area (Å²) in [4.78, 5) is 0. The molecule has 0 aromatic heterocycles. The summed E-state index contributed by atoms with van der Waals surface area (Å²) >= 11 is 0. The van der Waals surface area contributed by atoms with Crippen molar-refractivity contribution in [1.29, 1.82) is 0 Å². The molecule has 0 aliphatic rings. The van der Waals surface area contributed by atoms with Crippen molar-refractivity contribution in [1.82, 2.24) is 0 Å². The van der Waals surface area contributed by atoms with Crippen LogP contribution >= 0.6 is 0 Å². The molecule has 1 aromatic carbocycles. The summed E-state index contributed by atoms with van der Waals surface area (Å²) in [5.74, 6) is -10.6. The van der Waals surface area contributed by atoms with Crippen molar-refractivity contribution in [2.45, 2.75) is 12.8 Å². The average Bonchev–Trinajstić information content (AvgIpc) is 2.23. The van der Waals surface area contributed by atoms with E-state index in [2.05, 4.69) is 0 Å². The van der Waals surface area contributed by atoms with E-state index in [4.69, 9.17) is 5.73 Å². The first-order valence-corrected chi connectivity index (χ1v) is 4.13. The lowest BCUT2D eigenvalue weighted by molar-refractivity contribution is 0.365. The Morgan fingerprint density at radius 3 is 1.53 bits per heavy atom. The Morgan fingerprint density at radius 1 is 0.867 bits per heavy atom. The predicted molar refractivity (Wildman–Crippen MR) is 43.7 cm³/mol. The summed E-state index contributed by atoms with van der Waals surface area (Å²) in [6.45, 7) is 1.07. The maximum Gasteiger partial charge on any atom is 0.200 e. The standard InChI is InChI=1S/C9H8F5N/c1-3(2-15)4-5(10)7(12)9(14)8(13)6(4)11/h3H,2,15H2,1H3. The zero-order chi connectivity index (χ0) is 11.7. The quantitative estimate of drug-likeness (QED) is 0.467. The van der Waals surface area contributed by atoms with Crippen LogP contribution in [0.4, 0.5) is 22.0 Å². The van der Waals surface area contributed by atoms with E-state index in [1.54, 1.807) is 0 Å². The van der Waals surface area contributed by atoms with Gasteiger partial charge in [0.15, 0.2) is 23.3 Å². The van der Waals surface area contributed by atoms with Crippen molar-refractivity contribution in [2.24, 2.45) is 5.73 Å². The molecule has 0 saturated heterocycles. The van der Waals surface area contributed by atoms with Crippen molar-refractivity contribution >= 4 is 0 Å². The van der Waals surface area contributed by atoms with Crippen LogP contribution in [0.5, 0.6) is 0 Å². The Hall–Kier alpha value is -1.17. The molecule has 0 spiro atoms. The number of benzene rings is 1. The summed E-state index contributed by atoms with van der Waals surface area (Å²) in [7, 11) is 0. The summed E-state index contributed by atoms with van der Waals surface area (Å²) in [6, 6.07) is 0. The smallest absolute Gasteiger partial charge is 0.200 e. The van der Waals surface area contributed by atoms with Crippen LogP contribution in [-0.4, -0.2) is 6.54 Å². The van der Waals surface area contributed by atoms with Gasteiger partial charge in [-0.15, -0.1) is 0 Å². The predicted octanol–water partition coefficient (Wildman–Crippen LogP) is 2.44. The summed E-state index contributed by atoms with van der Waals surface area (Å²) in [6.07, 6.45) is 0. The summed E-state index contributed by atoms with van der Waals surface area (Å²) in [5.41, 5.74) is 4.24. The van der Waals surface area contributed by atoms with Gasteiger partial charge < -0.3 is 5.73 Å². The number of rotatable bonds is 2. The molecule has 1 rings (SSSR count). The van der Waals surface area contributed by atoms with Gasteiger partial charge in [-0.25, -0.2) is 22.0 Å². The van der Waals surface area contributed by atoms with Crippen LogP contribution in [0.25, 0.3) is 0 Å². The van der Waals surface area contributed by atoms with Crippen LogP contribution in [-0.2, 0) is 0 Å². The molecule has 15 heavy (non-hydrogen) atoms. The summed E-state index contributed by atoms with van der Waals surface area (Å²) < 4.78 is 64.1. The molecule has 6 heteroatoms. The highest BCUT2D eigenvalue weighted by Gasteiger charge is 2.27. The fraction of sp³-hybridized carbons (Fsp3) is 0.333. The highest BCUT2D eigenvalue weighted by molar-refractivity contribution is 5.27. The third kappa shape index (κ3) is 1.81. The number of hydrogen-bond donors (Lipinski definition) is 1. The highest BCUT2D eigenvalue weighted by Crippen LogP contribution is 2.27. The molecule has 2 N–H and O–H groups in total. The Balaban J connectivity index is 3.52. The van der Waals surface area contributed by atoms with Gasteiger partial charge in [0.25, 0.3) is 0 Å². The Morgan fingerprint density at radius 2 is 1.20 bits per heavy atom. The molecule has 1 atom stereocenters. The van der Waals surface area contributed by atoms with E-state index in [1.165, 1.54) is 6.92 Å². The SMILES string of the molecule is CC(CN)c1c(F)c(F)c(F)c(F)c1F. The minimum absolute atomic E-state index is 0.210. The fourth-order valence-corrected chi connectivity index (χ4v) is 1.17. The largest absolute Gasteiger partial charge is 0.330 e. The maximum atomic E-state index is 13.1. The second-order valence-corrected chi connectivity index (χ2v) is 3.12. The van der Waals surface area contributed by atoms with Crippen LogP contribution in [0.1, 0.15) is 18.4 Å². The van der Waals surface area contributed by atoms with Crippen LogP contribution in [0.15, 0.2) is 0 Å².